The van der Waals surface area contributed by atoms with Crippen molar-refractivity contribution < 1.29 is 14.7 Å². The highest BCUT2D eigenvalue weighted by Crippen LogP contribution is 2.43. The molecule has 0 bridgehead atoms. The van der Waals surface area contributed by atoms with E-state index < -0.39 is 5.97 Å². The van der Waals surface area contributed by atoms with Gasteiger partial charge in [0.1, 0.15) is 0 Å². The average molecular weight is 217 g/mol. The van der Waals surface area contributed by atoms with Crippen LogP contribution >= 0.6 is 0 Å². The second-order valence-corrected chi connectivity index (χ2v) is 4.34. The van der Waals surface area contributed by atoms with Crippen molar-refractivity contribution in [2.75, 3.05) is 11.4 Å². The SMILES string of the molecule is CC1C(=O)N2CCc3cc(C(=O)O)cc1c32. The lowest BCUT2D eigenvalue weighted by Gasteiger charge is -2.09. The van der Waals surface area contributed by atoms with Crippen LogP contribution in [0.25, 0.3) is 0 Å². The van der Waals surface area contributed by atoms with Gasteiger partial charge in [0, 0.05) is 6.54 Å². The van der Waals surface area contributed by atoms with Crippen LogP contribution in [0.3, 0.4) is 0 Å². The van der Waals surface area contributed by atoms with Gasteiger partial charge in [0.2, 0.25) is 5.91 Å². The highest BCUT2D eigenvalue weighted by atomic mass is 16.4. The van der Waals surface area contributed by atoms with Crippen LogP contribution in [-0.2, 0) is 11.2 Å². The van der Waals surface area contributed by atoms with E-state index in [0.717, 1.165) is 23.2 Å². The Hall–Kier alpha value is -1.84. The zero-order chi connectivity index (χ0) is 11.4. The molecule has 0 aliphatic carbocycles. The lowest BCUT2D eigenvalue weighted by Crippen LogP contribution is -2.26. The van der Waals surface area contributed by atoms with Crippen molar-refractivity contribution in [2.45, 2.75) is 19.3 Å². The van der Waals surface area contributed by atoms with Gasteiger partial charge in [-0.05, 0) is 36.6 Å². The number of rotatable bonds is 1. The molecule has 1 aromatic rings. The first-order valence-corrected chi connectivity index (χ1v) is 5.31. The van der Waals surface area contributed by atoms with Crippen molar-refractivity contribution in [2.24, 2.45) is 0 Å². The van der Waals surface area contributed by atoms with Crippen LogP contribution in [0.1, 0.15) is 34.3 Å². The summed E-state index contributed by atoms with van der Waals surface area (Å²) < 4.78 is 0. The third-order valence-corrected chi connectivity index (χ3v) is 3.44. The van der Waals surface area contributed by atoms with Crippen molar-refractivity contribution in [3.63, 3.8) is 0 Å². The van der Waals surface area contributed by atoms with Crippen molar-refractivity contribution in [1.82, 2.24) is 0 Å². The van der Waals surface area contributed by atoms with E-state index in [4.69, 9.17) is 5.11 Å². The van der Waals surface area contributed by atoms with E-state index in [1.54, 1.807) is 17.0 Å². The predicted octanol–water partition coefficient (Wildman–Crippen LogP) is 1.39. The number of hydrogen-bond donors (Lipinski definition) is 1. The molecule has 82 valence electrons. The Balaban J connectivity index is 2.26. The Kier molecular flexibility index (Phi) is 1.67. The first kappa shape index (κ1) is 9.39. The summed E-state index contributed by atoms with van der Waals surface area (Å²) in [5.74, 6) is -1.03. The molecule has 1 N–H and O–H groups in total. The maximum absolute atomic E-state index is 11.9. The van der Waals surface area contributed by atoms with Gasteiger partial charge in [0.25, 0.3) is 0 Å². The third-order valence-electron chi connectivity index (χ3n) is 3.44. The fourth-order valence-corrected chi connectivity index (χ4v) is 2.62. The molecular weight excluding hydrogens is 206 g/mol. The van der Waals surface area contributed by atoms with Gasteiger partial charge in [0.15, 0.2) is 0 Å². The Labute approximate surface area is 92.5 Å². The highest BCUT2D eigenvalue weighted by Gasteiger charge is 2.39. The van der Waals surface area contributed by atoms with Crippen LogP contribution in [0.15, 0.2) is 12.1 Å². The summed E-state index contributed by atoms with van der Waals surface area (Å²) in [6.07, 6.45) is 0.766. The number of carbonyl (C=O) groups is 2. The van der Waals surface area contributed by atoms with Gasteiger partial charge in [-0.1, -0.05) is 0 Å². The highest BCUT2D eigenvalue weighted by molar-refractivity contribution is 6.07. The van der Waals surface area contributed by atoms with E-state index >= 15 is 0 Å². The van der Waals surface area contributed by atoms with Crippen LogP contribution in [0.4, 0.5) is 5.69 Å². The van der Waals surface area contributed by atoms with E-state index in [1.807, 2.05) is 6.92 Å². The number of carboxylic acids is 1. The fraction of sp³-hybridized carbons (Fsp3) is 0.333. The van der Waals surface area contributed by atoms with Crippen LogP contribution in [-0.4, -0.2) is 23.5 Å². The second kappa shape index (κ2) is 2.84. The predicted molar refractivity (Wildman–Crippen MR) is 57.9 cm³/mol. The van der Waals surface area contributed by atoms with Gasteiger partial charge in [-0.15, -0.1) is 0 Å². The number of aromatic carboxylic acids is 1. The Bertz CT molecular complexity index is 521. The molecule has 3 rings (SSSR count). The van der Waals surface area contributed by atoms with Gasteiger partial charge in [-0.25, -0.2) is 4.79 Å². The van der Waals surface area contributed by atoms with Gasteiger partial charge in [0.05, 0.1) is 17.2 Å². The molecule has 1 unspecified atom stereocenters. The quantitative estimate of drug-likeness (QED) is 0.773. The Morgan fingerprint density at radius 3 is 2.94 bits per heavy atom. The van der Waals surface area contributed by atoms with E-state index in [1.165, 1.54) is 0 Å². The van der Waals surface area contributed by atoms with Crippen LogP contribution in [0.5, 0.6) is 0 Å². The lowest BCUT2D eigenvalue weighted by atomic mass is 9.96. The molecule has 2 heterocycles. The van der Waals surface area contributed by atoms with E-state index in [2.05, 4.69) is 0 Å². The Morgan fingerprint density at radius 2 is 2.25 bits per heavy atom. The minimum absolute atomic E-state index is 0.0938. The van der Waals surface area contributed by atoms with Gasteiger partial charge in [-0.2, -0.15) is 0 Å². The number of anilines is 1. The summed E-state index contributed by atoms with van der Waals surface area (Å²) >= 11 is 0. The monoisotopic (exact) mass is 217 g/mol. The standard InChI is InChI=1S/C12H11NO3/c1-6-9-5-8(12(15)16)4-7-2-3-13(10(7)9)11(6)14/h4-6H,2-3H2,1H3,(H,15,16). The van der Waals surface area contributed by atoms with Gasteiger partial charge < -0.3 is 10.0 Å². The maximum Gasteiger partial charge on any atom is 0.335 e. The normalized spacial score (nSPS) is 21.4. The number of benzene rings is 1. The zero-order valence-corrected chi connectivity index (χ0v) is 8.86. The van der Waals surface area contributed by atoms with Crippen molar-refractivity contribution in [3.8, 4) is 0 Å². The second-order valence-electron chi connectivity index (χ2n) is 4.34. The number of nitrogens with zero attached hydrogens (tertiary/aromatic N) is 1. The van der Waals surface area contributed by atoms with Crippen LogP contribution < -0.4 is 4.90 Å². The van der Waals surface area contributed by atoms with Crippen LogP contribution in [0, 0.1) is 0 Å². The van der Waals surface area contributed by atoms with E-state index in [9.17, 15) is 9.59 Å². The van der Waals surface area contributed by atoms with Crippen LogP contribution in [0.2, 0.25) is 0 Å². The smallest absolute Gasteiger partial charge is 0.335 e. The summed E-state index contributed by atoms with van der Waals surface area (Å²) in [5, 5.41) is 9.00. The minimum Gasteiger partial charge on any atom is -0.478 e. The van der Waals surface area contributed by atoms with Crippen molar-refractivity contribution in [1.29, 1.82) is 0 Å². The summed E-state index contributed by atoms with van der Waals surface area (Å²) in [6.45, 7) is 2.52. The average Bonchev–Trinajstić information content (AvgIpc) is 2.77. The molecule has 0 radical (unpaired) electrons. The topological polar surface area (TPSA) is 57.6 Å². The largest absolute Gasteiger partial charge is 0.478 e. The maximum atomic E-state index is 11.9. The molecule has 0 fully saturated rings. The summed E-state index contributed by atoms with van der Waals surface area (Å²) in [5.41, 5.74) is 3.12. The first-order valence-electron chi connectivity index (χ1n) is 5.31. The Morgan fingerprint density at radius 1 is 1.50 bits per heavy atom. The molecule has 0 saturated heterocycles. The molecule has 1 amide bonds. The molecule has 1 atom stereocenters. The molecule has 2 aliphatic rings. The third kappa shape index (κ3) is 0.988. The number of amides is 1. The molecule has 16 heavy (non-hydrogen) atoms. The van der Waals surface area contributed by atoms with Crippen molar-refractivity contribution in [3.05, 3.63) is 28.8 Å². The molecule has 0 spiro atoms. The lowest BCUT2D eigenvalue weighted by molar-refractivity contribution is -0.118. The summed E-state index contributed by atoms with van der Waals surface area (Å²) in [7, 11) is 0. The molecular formula is C12H11NO3. The van der Waals surface area contributed by atoms with Gasteiger partial charge in [-0.3, -0.25) is 4.79 Å². The molecule has 4 nitrogen and oxygen atoms in total. The van der Waals surface area contributed by atoms with Gasteiger partial charge >= 0.3 is 5.97 Å². The number of carbonyl (C=O) groups excluding carboxylic acids is 1. The van der Waals surface area contributed by atoms with Crippen molar-refractivity contribution >= 4 is 17.6 Å². The van der Waals surface area contributed by atoms with E-state index in [-0.39, 0.29) is 17.4 Å². The number of hydrogen-bond acceptors (Lipinski definition) is 2. The summed E-state index contributed by atoms with van der Waals surface area (Å²) in [6, 6.07) is 3.32. The zero-order valence-electron chi connectivity index (χ0n) is 8.86. The number of carboxylic acid groups (broad SMARTS) is 1. The fourth-order valence-electron chi connectivity index (χ4n) is 2.62. The van der Waals surface area contributed by atoms with E-state index in [0.29, 0.717) is 6.54 Å². The minimum atomic E-state index is -0.927. The molecule has 4 heteroatoms. The summed E-state index contributed by atoms with van der Waals surface area (Å²) in [4.78, 5) is 24.6. The molecule has 1 aromatic carbocycles. The first-order chi connectivity index (χ1) is 7.59. The molecule has 0 saturated carbocycles. The molecule has 0 aromatic heterocycles. The molecule has 2 aliphatic heterocycles.